The third-order valence-corrected chi connectivity index (χ3v) is 5.62. The van der Waals surface area contributed by atoms with E-state index in [-0.39, 0.29) is 15.9 Å². The summed E-state index contributed by atoms with van der Waals surface area (Å²) in [6.45, 7) is 9.30. The van der Waals surface area contributed by atoms with E-state index in [9.17, 15) is 18.3 Å². The number of aromatic carboxylic acids is 1. The molecule has 134 valence electrons. The molecule has 0 amide bonds. The fourth-order valence-electron chi connectivity index (χ4n) is 2.65. The largest absolute Gasteiger partial charge is 0.545 e. The van der Waals surface area contributed by atoms with Gasteiger partial charge in [0.2, 0.25) is 0 Å². The van der Waals surface area contributed by atoms with Gasteiger partial charge in [0.15, 0.2) is 0 Å². The Balaban J connectivity index is 2.57. The van der Waals surface area contributed by atoms with Crippen LogP contribution in [0.25, 0.3) is 0 Å². The van der Waals surface area contributed by atoms with Crippen LogP contribution < -0.4 is 9.83 Å². The first-order valence-corrected chi connectivity index (χ1v) is 9.37. The second-order valence-electron chi connectivity index (χ2n) is 7.10. The number of anilines is 1. The molecule has 0 aromatic heterocycles. The standard InChI is InChI=1S/C19H23NO4S/c1-12-10-14(18(21)22)11-17(13(12)2)25(23,24)20-16-9-7-6-8-15(16)19(3,4)5/h6-11,20H,1-5H3,(H,21,22)/p-1. The number of nitrogens with one attached hydrogen (secondary N) is 1. The van der Waals surface area contributed by atoms with Crippen molar-refractivity contribution in [2.45, 2.75) is 44.9 Å². The van der Waals surface area contributed by atoms with Crippen molar-refractivity contribution in [1.82, 2.24) is 0 Å². The number of hydrogen-bond acceptors (Lipinski definition) is 4. The van der Waals surface area contributed by atoms with Crippen LogP contribution in [0.3, 0.4) is 0 Å². The topological polar surface area (TPSA) is 86.3 Å². The van der Waals surface area contributed by atoms with Gasteiger partial charge in [-0.1, -0.05) is 39.0 Å². The van der Waals surface area contributed by atoms with Crippen LogP contribution in [0.2, 0.25) is 0 Å². The Hall–Kier alpha value is -2.34. The highest BCUT2D eigenvalue weighted by atomic mass is 32.2. The Morgan fingerprint density at radius 1 is 1.08 bits per heavy atom. The lowest BCUT2D eigenvalue weighted by atomic mass is 9.86. The normalized spacial score (nSPS) is 12.0. The Morgan fingerprint density at radius 2 is 1.68 bits per heavy atom. The molecule has 0 fully saturated rings. The summed E-state index contributed by atoms with van der Waals surface area (Å²) in [4.78, 5) is 11.1. The number of carboxylic acids is 1. The van der Waals surface area contributed by atoms with Gasteiger partial charge in [-0.25, -0.2) is 8.42 Å². The third kappa shape index (κ3) is 4.02. The number of carboxylic acid groups (broad SMARTS) is 1. The Morgan fingerprint density at radius 3 is 2.24 bits per heavy atom. The van der Waals surface area contributed by atoms with Crippen molar-refractivity contribution in [2.24, 2.45) is 0 Å². The predicted octanol–water partition coefficient (Wildman–Crippen LogP) is 2.77. The molecule has 25 heavy (non-hydrogen) atoms. The van der Waals surface area contributed by atoms with Crippen LogP contribution in [0, 0.1) is 13.8 Å². The van der Waals surface area contributed by atoms with Crippen LogP contribution in [0.5, 0.6) is 0 Å². The number of sulfonamides is 1. The van der Waals surface area contributed by atoms with Crippen molar-refractivity contribution in [2.75, 3.05) is 4.72 Å². The zero-order valence-electron chi connectivity index (χ0n) is 15.0. The minimum absolute atomic E-state index is 0.0598. The molecule has 2 aromatic rings. The lowest BCUT2D eigenvalue weighted by Crippen LogP contribution is -2.24. The second-order valence-corrected chi connectivity index (χ2v) is 8.76. The van der Waals surface area contributed by atoms with Gasteiger partial charge in [-0.15, -0.1) is 0 Å². The molecule has 0 aliphatic heterocycles. The van der Waals surface area contributed by atoms with Crippen molar-refractivity contribution in [3.05, 3.63) is 58.7 Å². The predicted molar refractivity (Wildman–Crippen MR) is 96.2 cm³/mol. The highest BCUT2D eigenvalue weighted by molar-refractivity contribution is 7.92. The van der Waals surface area contributed by atoms with Crippen molar-refractivity contribution >= 4 is 21.7 Å². The molecule has 5 nitrogen and oxygen atoms in total. The van der Waals surface area contributed by atoms with E-state index in [1.54, 1.807) is 26.0 Å². The number of aryl methyl sites for hydroxylation is 1. The monoisotopic (exact) mass is 360 g/mol. The van der Waals surface area contributed by atoms with Gasteiger partial charge < -0.3 is 9.90 Å². The van der Waals surface area contributed by atoms with E-state index in [4.69, 9.17) is 0 Å². The van der Waals surface area contributed by atoms with Crippen LogP contribution in [0.1, 0.15) is 47.8 Å². The van der Waals surface area contributed by atoms with Crippen molar-refractivity contribution in [3.63, 3.8) is 0 Å². The molecule has 0 aliphatic rings. The van der Waals surface area contributed by atoms with Crippen molar-refractivity contribution in [3.8, 4) is 0 Å². The van der Waals surface area contributed by atoms with Gasteiger partial charge in [-0.2, -0.15) is 0 Å². The average Bonchev–Trinajstić information content (AvgIpc) is 2.48. The minimum Gasteiger partial charge on any atom is -0.545 e. The molecular formula is C19H22NO4S-. The summed E-state index contributed by atoms with van der Waals surface area (Å²) in [5.74, 6) is -1.41. The second kappa shape index (κ2) is 6.52. The number of hydrogen-bond donors (Lipinski definition) is 1. The Labute approximate surface area is 148 Å². The SMILES string of the molecule is Cc1cc(C(=O)[O-])cc(S(=O)(=O)Nc2ccccc2C(C)(C)C)c1C. The Kier molecular flexibility index (Phi) is 4.95. The zero-order valence-corrected chi connectivity index (χ0v) is 15.8. The number of carbonyl (C=O) groups excluding carboxylic acids is 1. The average molecular weight is 360 g/mol. The van der Waals surface area contributed by atoms with Gasteiger partial charge in [0, 0.05) is 0 Å². The van der Waals surface area contributed by atoms with Gasteiger partial charge in [0.05, 0.1) is 16.6 Å². The molecule has 0 saturated heterocycles. The molecule has 0 saturated carbocycles. The van der Waals surface area contributed by atoms with E-state index in [0.29, 0.717) is 16.8 Å². The molecule has 0 atom stereocenters. The summed E-state index contributed by atoms with van der Waals surface area (Å²) in [6, 6.07) is 9.72. The summed E-state index contributed by atoms with van der Waals surface area (Å²) in [5.41, 5.74) is 2.00. The summed E-state index contributed by atoms with van der Waals surface area (Å²) in [5, 5.41) is 11.2. The zero-order chi connectivity index (χ0) is 19.0. The smallest absolute Gasteiger partial charge is 0.262 e. The first kappa shape index (κ1) is 19.0. The van der Waals surface area contributed by atoms with Crippen LogP contribution in [-0.4, -0.2) is 14.4 Å². The van der Waals surface area contributed by atoms with Gasteiger partial charge in [0.25, 0.3) is 10.0 Å². The quantitative estimate of drug-likeness (QED) is 0.908. The maximum Gasteiger partial charge on any atom is 0.262 e. The van der Waals surface area contributed by atoms with Crippen molar-refractivity contribution < 1.29 is 18.3 Å². The van der Waals surface area contributed by atoms with E-state index in [2.05, 4.69) is 4.72 Å². The molecular weight excluding hydrogens is 338 g/mol. The Bertz CT molecular complexity index is 925. The van der Waals surface area contributed by atoms with Crippen LogP contribution in [0.4, 0.5) is 5.69 Å². The molecule has 0 unspecified atom stereocenters. The number of rotatable bonds is 4. The van der Waals surface area contributed by atoms with E-state index < -0.39 is 16.0 Å². The van der Waals surface area contributed by atoms with E-state index >= 15 is 0 Å². The first-order valence-electron chi connectivity index (χ1n) is 7.88. The van der Waals surface area contributed by atoms with Crippen LogP contribution in [0.15, 0.2) is 41.3 Å². The third-order valence-electron chi connectivity index (χ3n) is 4.12. The van der Waals surface area contributed by atoms with Gasteiger partial charge in [-0.05, 0) is 59.7 Å². The minimum atomic E-state index is -3.95. The highest BCUT2D eigenvalue weighted by Gasteiger charge is 2.23. The fraction of sp³-hybridized carbons (Fsp3) is 0.316. The van der Waals surface area contributed by atoms with Gasteiger partial charge in [-0.3, -0.25) is 4.72 Å². The molecule has 2 rings (SSSR count). The lowest BCUT2D eigenvalue weighted by Gasteiger charge is -2.23. The molecule has 0 bridgehead atoms. The van der Waals surface area contributed by atoms with Gasteiger partial charge >= 0.3 is 0 Å². The lowest BCUT2D eigenvalue weighted by molar-refractivity contribution is -0.255. The number of para-hydroxylation sites is 1. The van der Waals surface area contributed by atoms with E-state index in [1.807, 2.05) is 32.9 Å². The summed E-state index contributed by atoms with van der Waals surface area (Å²) in [6.07, 6.45) is 0. The molecule has 2 aromatic carbocycles. The molecule has 0 spiro atoms. The van der Waals surface area contributed by atoms with Crippen LogP contribution >= 0.6 is 0 Å². The molecule has 0 radical (unpaired) electrons. The molecule has 6 heteroatoms. The molecule has 0 aliphatic carbocycles. The summed E-state index contributed by atoms with van der Waals surface area (Å²) >= 11 is 0. The number of benzene rings is 2. The maximum absolute atomic E-state index is 12.9. The summed E-state index contributed by atoms with van der Waals surface area (Å²) in [7, 11) is -3.95. The van der Waals surface area contributed by atoms with Crippen molar-refractivity contribution in [1.29, 1.82) is 0 Å². The molecule has 1 N–H and O–H groups in total. The molecule has 0 heterocycles. The first-order chi connectivity index (χ1) is 11.4. The van der Waals surface area contributed by atoms with Gasteiger partial charge in [0.1, 0.15) is 0 Å². The number of carbonyl (C=O) groups is 1. The summed E-state index contributed by atoms with van der Waals surface area (Å²) < 4.78 is 28.4. The van der Waals surface area contributed by atoms with E-state index in [0.717, 1.165) is 11.6 Å². The highest BCUT2D eigenvalue weighted by Crippen LogP contribution is 2.31. The fourth-order valence-corrected chi connectivity index (χ4v) is 4.07. The maximum atomic E-state index is 12.9. The van der Waals surface area contributed by atoms with E-state index in [1.165, 1.54) is 6.07 Å². The van der Waals surface area contributed by atoms with Crippen LogP contribution in [-0.2, 0) is 15.4 Å².